The van der Waals surface area contributed by atoms with Gasteiger partial charge in [-0.2, -0.15) is 0 Å². The minimum absolute atomic E-state index is 0.155. The fraction of sp³-hybridized carbons (Fsp3) is 0.429. The molecule has 18 heavy (non-hydrogen) atoms. The Labute approximate surface area is 105 Å². The molecule has 0 bridgehead atoms. The van der Waals surface area contributed by atoms with Crippen LogP contribution in [-0.2, 0) is 9.59 Å². The number of carboxylic acids is 2. The molecule has 1 aliphatic rings. The van der Waals surface area contributed by atoms with Gasteiger partial charge in [-0.15, -0.1) is 0 Å². The van der Waals surface area contributed by atoms with Crippen LogP contribution in [-0.4, -0.2) is 22.2 Å². The SMILES string of the molecule is O=C(O)[C@@H]1CC[C@H](c2ccccc2)C[C@H]1C(=O)O. The number of hydrogen-bond acceptors (Lipinski definition) is 2. The zero-order chi connectivity index (χ0) is 13.1. The van der Waals surface area contributed by atoms with Crippen molar-refractivity contribution in [2.45, 2.75) is 25.2 Å². The zero-order valence-corrected chi connectivity index (χ0v) is 9.95. The lowest BCUT2D eigenvalue weighted by atomic mass is 9.72. The Kier molecular flexibility index (Phi) is 3.65. The molecule has 4 nitrogen and oxygen atoms in total. The largest absolute Gasteiger partial charge is 0.481 e. The molecule has 0 spiro atoms. The smallest absolute Gasteiger partial charge is 0.307 e. The molecule has 1 saturated carbocycles. The molecule has 3 atom stereocenters. The maximum Gasteiger partial charge on any atom is 0.307 e. The van der Waals surface area contributed by atoms with E-state index in [0.717, 1.165) is 12.0 Å². The van der Waals surface area contributed by atoms with Gasteiger partial charge in [0.1, 0.15) is 0 Å². The molecule has 0 unspecified atom stereocenters. The van der Waals surface area contributed by atoms with E-state index in [1.165, 1.54) is 0 Å². The molecular formula is C14H16O4. The summed E-state index contributed by atoms with van der Waals surface area (Å²) in [6.45, 7) is 0. The van der Waals surface area contributed by atoms with Gasteiger partial charge < -0.3 is 10.2 Å². The van der Waals surface area contributed by atoms with Crippen molar-refractivity contribution in [2.75, 3.05) is 0 Å². The second-order valence-corrected chi connectivity index (χ2v) is 4.81. The molecule has 2 rings (SSSR count). The van der Waals surface area contributed by atoms with Gasteiger partial charge in [0, 0.05) is 0 Å². The molecule has 0 saturated heterocycles. The molecule has 0 radical (unpaired) electrons. The summed E-state index contributed by atoms with van der Waals surface area (Å²) in [4.78, 5) is 22.2. The van der Waals surface area contributed by atoms with Crippen LogP contribution in [0.5, 0.6) is 0 Å². The van der Waals surface area contributed by atoms with Crippen LogP contribution in [0.2, 0.25) is 0 Å². The quantitative estimate of drug-likeness (QED) is 0.861. The third kappa shape index (κ3) is 2.53. The van der Waals surface area contributed by atoms with Gasteiger partial charge in [0.25, 0.3) is 0 Å². The highest BCUT2D eigenvalue weighted by atomic mass is 16.4. The van der Waals surface area contributed by atoms with E-state index < -0.39 is 23.8 Å². The molecule has 96 valence electrons. The zero-order valence-electron chi connectivity index (χ0n) is 9.95. The molecule has 1 aromatic carbocycles. The van der Waals surface area contributed by atoms with E-state index in [0.29, 0.717) is 12.8 Å². The Hall–Kier alpha value is -1.84. The van der Waals surface area contributed by atoms with Gasteiger partial charge in [0.15, 0.2) is 0 Å². The van der Waals surface area contributed by atoms with Gasteiger partial charge in [-0.25, -0.2) is 0 Å². The number of hydrogen-bond donors (Lipinski definition) is 2. The lowest BCUT2D eigenvalue weighted by Crippen LogP contribution is -2.35. The Morgan fingerprint density at radius 1 is 0.944 bits per heavy atom. The first-order chi connectivity index (χ1) is 8.59. The van der Waals surface area contributed by atoms with E-state index in [1.54, 1.807) is 0 Å². The summed E-state index contributed by atoms with van der Waals surface area (Å²) >= 11 is 0. The third-order valence-electron chi connectivity index (χ3n) is 3.76. The van der Waals surface area contributed by atoms with Gasteiger partial charge in [0.05, 0.1) is 11.8 Å². The molecule has 1 aromatic rings. The standard InChI is InChI=1S/C14H16O4/c15-13(16)11-7-6-10(8-12(11)14(17)18)9-4-2-1-3-5-9/h1-5,10-12H,6-8H2,(H,15,16)(H,17,18)/t10-,11+,12+/m0/s1. The van der Waals surface area contributed by atoms with E-state index in [1.807, 2.05) is 30.3 Å². The van der Waals surface area contributed by atoms with E-state index in [-0.39, 0.29) is 5.92 Å². The van der Waals surface area contributed by atoms with E-state index in [4.69, 9.17) is 10.2 Å². The van der Waals surface area contributed by atoms with Gasteiger partial charge in [0.2, 0.25) is 0 Å². The molecule has 1 aliphatic carbocycles. The van der Waals surface area contributed by atoms with Crippen LogP contribution in [0.15, 0.2) is 30.3 Å². The van der Waals surface area contributed by atoms with Gasteiger partial charge in [-0.05, 0) is 30.7 Å². The van der Waals surface area contributed by atoms with Crippen LogP contribution in [0.3, 0.4) is 0 Å². The van der Waals surface area contributed by atoms with Gasteiger partial charge in [-0.1, -0.05) is 30.3 Å². The summed E-state index contributed by atoms with van der Waals surface area (Å²) in [5.41, 5.74) is 1.10. The summed E-state index contributed by atoms with van der Waals surface area (Å²) in [5.74, 6) is -3.36. The summed E-state index contributed by atoms with van der Waals surface area (Å²) in [6.07, 6.45) is 1.59. The summed E-state index contributed by atoms with van der Waals surface area (Å²) in [6, 6.07) is 9.72. The van der Waals surface area contributed by atoms with Crippen molar-refractivity contribution in [1.29, 1.82) is 0 Å². The fourth-order valence-corrected chi connectivity index (χ4v) is 2.77. The first-order valence-electron chi connectivity index (χ1n) is 6.10. The highest BCUT2D eigenvalue weighted by Crippen LogP contribution is 2.39. The molecule has 0 aliphatic heterocycles. The van der Waals surface area contributed by atoms with E-state index >= 15 is 0 Å². The van der Waals surface area contributed by atoms with E-state index in [2.05, 4.69) is 0 Å². The fourth-order valence-electron chi connectivity index (χ4n) is 2.77. The van der Waals surface area contributed by atoms with Crippen molar-refractivity contribution in [3.05, 3.63) is 35.9 Å². The van der Waals surface area contributed by atoms with Crippen molar-refractivity contribution in [2.24, 2.45) is 11.8 Å². The Balaban J connectivity index is 2.16. The third-order valence-corrected chi connectivity index (χ3v) is 3.76. The van der Waals surface area contributed by atoms with Crippen LogP contribution < -0.4 is 0 Å². The molecule has 0 amide bonds. The second kappa shape index (κ2) is 5.21. The molecule has 0 aromatic heterocycles. The van der Waals surface area contributed by atoms with Crippen molar-refractivity contribution in [3.8, 4) is 0 Å². The monoisotopic (exact) mass is 248 g/mol. The predicted octanol–water partition coefficient (Wildman–Crippen LogP) is 2.36. The molecule has 0 heterocycles. The average molecular weight is 248 g/mol. The number of carboxylic acid groups (broad SMARTS) is 2. The van der Waals surface area contributed by atoms with Crippen molar-refractivity contribution in [3.63, 3.8) is 0 Å². The minimum atomic E-state index is -0.997. The Bertz CT molecular complexity index is 440. The number of carbonyl (C=O) groups is 2. The first-order valence-corrected chi connectivity index (χ1v) is 6.10. The van der Waals surface area contributed by atoms with E-state index in [9.17, 15) is 9.59 Å². The Morgan fingerprint density at radius 2 is 1.56 bits per heavy atom. The van der Waals surface area contributed by atoms with Crippen molar-refractivity contribution < 1.29 is 19.8 Å². The lowest BCUT2D eigenvalue weighted by molar-refractivity contribution is -0.155. The van der Waals surface area contributed by atoms with Crippen LogP contribution in [0.1, 0.15) is 30.7 Å². The first kappa shape index (κ1) is 12.6. The van der Waals surface area contributed by atoms with Gasteiger partial charge >= 0.3 is 11.9 Å². The maximum atomic E-state index is 11.2. The molecule has 4 heteroatoms. The molecular weight excluding hydrogens is 232 g/mol. The topological polar surface area (TPSA) is 74.6 Å². The normalized spacial score (nSPS) is 27.7. The van der Waals surface area contributed by atoms with Crippen molar-refractivity contribution >= 4 is 11.9 Å². The summed E-state index contributed by atoms with van der Waals surface area (Å²) < 4.78 is 0. The number of aliphatic carboxylic acids is 2. The highest BCUT2D eigenvalue weighted by Gasteiger charge is 2.39. The minimum Gasteiger partial charge on any atom is -0.481 e. The second-order valence-electron chi connectivity index (χ2n) is 4.81. The highest BCUT2D eigenvalue weighted by molar-refractivity contribution is 5.80. The molecule has 2 N–H and O–H groups in total. The van der Waals surface area contributed by atoms with Crippen LogP contribution >= 0.6 is 0 Å². The summed E-state index contributed by atoms with van der Waals surface area (Å²) in [7, 11) is 0. The average Bonchev–Trinajstić information content (AvgIpc) is 2.39. The van der Waals surface area contributed by atoms with Crippen LogP contribution in [0, 0.1) is 11.8 Å². The van der Waals surface area contributed by atoms with Crippen LogP contribution in [0.4, 0.5) is 0 Å². The van der Waals surface area contributed by atoms with Crippen molar-refractivity contribution in [1.82, 2.24) is 0 Å². The Morgan fingerprint density at radius 3 is 2.11 bits per heavy atom. The van der Waals surface area contributed by atoms with Gasteiger partial charge in [-0.3, -0.25) is 9.59 Å². The van der Waals surface area contributed by atoms with Crippen LogP contribution in [0.25, 0.3) is 0 Å². The maximum absolute atomic E-state index is 11.2. The predicted molar refractivity (Wildman–Crippen MR) is 65.3 cm³/mol. The number of benzene rings is 1. The number of rotatable bonds is 3. The summed E-state index contributed by atoms with van der Waals surface area (Å²) in [5, 5.41) is 18.2. The molecule has 1 fully saturated rings. The lowest BCUT2D eigenvalue weighted by Gasteiger charge is -2.31.